The maximum Gasteiger partial charge on any atom is 0.254 e. The summed E-state index contributed by atoms with van der Waals surface area (Å²) in [5.74, 6) is 1.91. The van der Waals surface area contributed by atoms with Crippen LogP contribution in [0.25, 0.3) is 0 Å². The molecule has 0 aromatic heterocycles. The zero-order valence-electron chi connectivity index (χ0n) is 14.6. The number of rotatable bonds is 7. The molecule has 0 bridgehead atoms. The predicted octanol–water partition coefficient (Wildman–Crippen LogP) is 3.11. The topological polar surface area (TPSA) is 64.8 Å². The Morgan fingerprint density at radius 3 is 2.62 bits per heavy atom. The van der Waals surface area contributed by atoms with Crippen LogP contribution < -0.4 is 15.2 Å². The van der Waals surface area contributed by atoms with Gasteiger partial charge in [-0.1, -0.05) is 0 Å². The van der Waals surface area contributed by atoms with E-state index in [9.17, 15) is 4.79 Å². The van der Waals surface area contributed by atoms with Crippen molar-refractivity contribution in [3.05, 3.63) is 23.8 Å². The molecule has 24 heavy (non-hydrogen) atoms. The number of hydrogen-bond donors (Lipinski definition) is 1. The van der Waals surface area contributed by atoms with Crippen molar-refractivity contribution in [2.24, 2.45) is 11.7 Å². The van der Waals surface area contributed by atoms with Crippen molar-refractivity contribution in [2.45, 2.75) is 33.1 Å². The van der Waals surface area contributed by atoms with Crippen LogP contribution in [-0.4, -0.2) is 43.7 Å². The van der Waals surface area contributed by atoms with Crippen LogP contribution in [0.15, 0.2) is 18.2 Å². The van der Waals surface area contributed by atoms with E-state index in [-0.39, 0.29) is 18.3 Å². The lowest BCUT2D eigenvalue weighted by atomic mass is 9.94. The molecule has 1 saturated heterocycles. The summed E-state index contributed by atoms with van der Waals surface area (Å²) in [6.45, 7) is 7.27. The van der Waals surface area contributed by atoms with Crippen LogP contribution in [0, 0.1) is 5.92 Å². The van der Waals surface area contributed by atoms with E-state index in [0.717, 1.165) is 32.4 Å². The van der Waals surface area contributed by atoms with Gasteiger partial charge in [-0.2, -0.15) is 0 Å². The standard InChI is InChI=1S/C18H28N2O3.ClH/c1-3-22-16-8-7-15(12-17(16)23-4-2)18(21)20-11-5-6-14(13-20)9-10-19;/h7-8,12,14H,3-6,9-11,13,19H2,1-2H3;1H. The molecule has 2 rings (SSSR count). The molecule has 1 amide bonds. The Morgan fingerprint density at radius 2 is 1.96 bits per heavy atom. The molecular formula is C18H29ClN2O3. The Balaban J connectivity index is 0.00000288. The lowest BCUT2D eigenvalue weighted by Crippen LogP contribution is -2.40. The molecule has 1 heterocycles. The van der Waals surface area contributed by atoms with E-state index < -0.39 is 0 Å². The van der Waals surface area contributed by atoms with Gasteiger partial charge in [0, 0.05) is 18.7 Å². The highest BCUT2D eigenvalue weighted by Gasteiger charge is 2.24. The van der Waals surface area contributed by atoms with Crippen molar-refractivity contribution in [2.75, 3.05) is 32.8 Å². The van der Waals surface area contributed by atoms with Crippen LogP contribution in [-0.2, 0) is 0 Å². The first-order valence-electron chi connectivity index (χ1n) is 8.58. The third-order valence-corrected chi connectivity index (χ3v) is 4.17. The van der Waals surface area contributed by atoms with E-state index in [1.807, 2.05) is 30.9 Å². The van der Waals surface area contributed by atoms with E-state index in [4.69, 9.17) is 15.2 Å². The van der Waals surface area contributed by atoms with Gasteiger partial charge in [0.25, 0.3) is 5.91 Å². The first kappa shape index (κ1) is 20.6. The maximum absolute atomic E-state index is 12.8. The normalized spacial score (nSPS) is 17.1. The summed E-state index contributed by atoms with van der Waals surface area (Å²) >= 11 is 0. The minimum atomic E-state index is 0. The van der Waals surface area contributed by atoms with Gasteiger partial charge in [0.15, 0.2) is 11.5 Å². The van der Waals surface area contributed by atoms with Gasteiger partial charge in [-0.25, -0.2) is 0 Å². The quantitative estimate of drug-likeness (QED) is 0.815. The van der Waals surface area contributed by atoms with Crippen molar-refractivity contribution >= 4 is 18.3 Å². The number of likely N-dealkylation sites (tertiary alicyclic amines) is 1. The van der Waals surface area contributed by atoms with Crippen LogP contribution >= 0.6 is 12.4 Å². The Labute approximate surface area is 150 Å². The summed E-state index contributed by atoms with van der Waals surface area (Å²) in [4.78, 5) is 14.7. The first-order valence-corrected chi connectivity index (χ1v) is 8.58. The molecule has 0 radical (unpaired) electrons. The van der Waals surface area contributed by atoms with E-state index in [1.165, 1.54) is 0 Å². The number of nitrogens with two attached hydrogens (primary N) is 1. The number of benzene rings is 1. The van der Waals surface area contributed by atoms with Gasteiger partial charge in [-0.15, -0.1) is 12.4 Å². The monoisotopic (exact) mass is 356 g/mol. The Bertz CT molecular complexity index is 523. The van der Waals surface area contributed by atoms with Crippen LogP contribution in [0.3, 0.4) is 0 Å². The van der Waals surface area contributed by atoms with E-state index in [1.54, 1.807) is 6.07 Å². The maximum atomic E-state index is 12.8. The van der Waals surface area contributed by atoms with Gasteiger partial charge in [0.1, 0.15) is 0 Å². The number of carbonyl (C=O) groups excluding carboxylic acids is 1. The van der Waals surface area contributed by atoms with Gasteiger partial charge < -0.3 is 20.1 Å². The molecule has 2 N–H and O–H groups in total. The Hall–Kier alpha value is -1.46. The van der Waals surface area contributed by atoms with Crippen molar-refractivity contribution in [3.63, 3.8) is 0 Å². The van der Waals surface area contributed by atoms with Crippen molar-refractivity contribution in [1.82, 2.24) is 4.90 Å². The average molecular weight is 357 g/mol. The zero-order valence-corrected chi connectivity index (χ0v) is 15.4. The highest BCUT2D eigenvalue weighted by Crippen LogP contribution is 2.30. The molecule has 0 spiro atoms. The molecular weight excluding hydrogens is 328 g/mol. The lowest BCUT2D eigenvalue weighted by molar-refractivity contribution is 0.0669. The molecule has 0 aliphatic carbocycles. The minimum absolute atomic E-state index is 0. The number of carbonyl (C=O) groups is 1. The molecule has 1 aliphatic heterocycles. The fourth-order valence-corrected chi connectivity index (χ4v) is 3.09. The van der Waals surface area contributed by atoms with Crippen LogP contribution in [0.5, 0.6) is 11.5 Å². The molecule has 6 heteroatoms. The number of halogens is 1. The summed E-state index contributed by atoms with van der Waals surface area (Å²) < 4.78 is 11.2. The minimum Gasteiger partial charge on any atom is -0.490 e. The second-order valence-electron chi connectivity index (χ2n) is 5.86. The number of amides is 1. The Kier molecular flexibility index (Phi) is 8.93. The number of piperidine rings is 1. The second kappa shape index (κ2) is 10.4. The smallest absolute Gasteiger partial charge is 0.254 e. The highest BCUT2D eigenvalue weighted by molar-refractivity contribution is 5.95. The molecule has 0 saturated carbocycles. The van der Waals surface area contributed by atoms with Crippen molar-refractivity contribution < 1.29 is 14.3 Å². The molecule has 136 valence electrons. The molecule has 5 nitrogen and oxygen atoms in total. The zero-order chi connectivity index (χ0) is 16.7. The molecule has 1 fully saturated rings. The van der Waals surface area contributed by atoms with Gasteiger partial charge in [0.2, 0.25) is 0 Å². The molecule has 1 aliphatic rings. The lowest BCUT2D eigenvalue weighted by Gasteiger charge is -2.32. The fraction of sp³-hybridized carbons (Fsp3) is 0.611. The number of hydrogen-bond acceptors (Lipinski definition) is 4. The van der Waals surface area contributed by atoms with E-state index >= 15 is 0 Å². The van der Waals surface area contributed by atoms with Crippen molar-refractivity contribution in [3.8, 4) is 11.5 Å². The average Bonchev–Trinajstić information content (AvgIpc) is 2.57. The molecule has 1 unspecified atom stereocenters. The number of nitrogens with zero attached hydrogens (tertiary/aromatic N) is 1. The van der Waals surface area contributed by atoms with Crippen LogP contribution in [0.1, 0.15) is 43.5 Å². The fourth-order valence-electron chi connectivity index (χ4n) is 3.09. The third kappa shape index (κ3) is 5.28. The summed E-state index contributed by atoms with van der Waals surface area (Å²) in [7, 11) is 0. The molecule has 1 aromatic carbocycles. The summed E-state index contributed by atoms with van der Waals surface area (Å²) in [6, 6.07) is 5.44. The van der Waals surface area contributed by atoms with Crippen LogP contribution in [0.2, 0.25) is 0 Å². The molecule has 1 atom stereocenters. The van der Waals surface area contributed by atoms with Crippen LogP contribution in [0.4, 0.5) is 0 Å². The largest absolute Gasteiger partial charge is 0.490 e. The highest BCUT2D eigenvalue weighted by atomic mass is 35.5. The van der Waals surface area contributed by atoms with Crippen molar-refractivity contribution in [1.29, 1.82) is 0 Å². The Morgan fingerprint density at radius 1 is 1.25 bits per heavy atom. The van der Waals surface area contributed by atoms with E-state index in [2.05, 4.69) is 0 Å². The first-order chi connectivity index (χ1) is 11.2. The summed E-state index contributed by atoms with van der Waals surface area (Å²) in [5.41, 5.74) is 6.31. The summed E-state index contributed by atoms with van der Waals surface area (Å²) in [5, 5.41) is 0. The third-order valence-electron chi connectivity index (χ3n) is 4.17. The second-order valence-corrected chi connectivity index (χ2v) is 5.86. The predicted molar refractivity (Wildman–Crippen MR) is 98.3 cm³/mol. The summed E-state index contributed by atoms with van der Waals surface area (Å²) in [6.07, 6.45) is 3.19. The molecule has 1 aromatic rings. The SMILES string of the molecule is CCOc1ccc(C(=O)N2CCCC(CCN)C2)cc1OCC.Cl. The van der Waals surface area contributed by atoms with E-state index in [0.29, 0.717) is 42.7 Å². The number of ether oxygens (including phenoxy) is 2. The van der Waals surface area contributed by atoms with Gasteiger partial charge in [-0.05, 0) is 63.8 Å². The van der Waals surface area contributed by atoms with Gasteiger partial charge >= 0.3 is 0 Å². The van der Waals surface area contributed by atoms with Gasteiger partial charge in [-0.3, -0.25) is 4.79 Å². The van der Waals surface area contributed by atoms with Gasteiger partial charge in [0.05, 0.1) is 13.2 Å².